The fraction of sp³-hybridized carbons (Fsp3) is 0.360. The van der Waals surface area contributed by atoms with Gasteiger partial charge in [-0.2, -0.15) is 0 Å². The molecule has 0 N–H and O–H groups in total. The van der Waals surface area contributed by atoms with Crippen molar-refractivity contribution in [3.05, 3.63) is 286 Å². The predicted molar refractivity (Wildman–Crippen MR) is 471 cm³/mol. The van der Waals surface area contributed by atoms with Crippen molar-refractivity contribution < 1.29 is 55.7 Å². The molecule has 0 aromatic carbocycles. The normalized spacial score (nSPS) is 22.1. The molecule has 656 valence electrons. The van der Waals surface area contributed by atoms with Crippen molar-refractivity contribution in [3.8, 4) is 68.8 Å². The van der Waals surface area contributed by atoms with Gasteiger partial charge < -0.3 is 38.5 Å². The van der Waals surface area contributed by atoms with Gasteiger partial charge in [-0.15, -0.1) is 0 Å². The second-order valence-electron chi connectivity index (χ2n) is 34.9. The molecule has 8 aliphatic heterocycles. The summed E-state index contributed by atoms with van der Waals surface area (Å²) in [6.45, 7) is 18.0. The maximum Gasteiger partial charge on any atom is 0.273 e. The van der Waals surface area contributed by atoms with Gasteiger partial charge in [-0.25, -0.2) is 42.5 Å². The summed E-state index contributed by atoms with van der Waals surface area (Å²) in [4.78, 5) is 114. The van der Waals surface area contributed by atoms with Crippen molar-refractivity contribution in [1.82, 2.24) is 79.4 Å². The number of rotatable bonds is 16. The number of nitrogens with zero attached hydrogens (tertiary/aromatic N) is 16. The quantitative estimate of drug-likeness (QED) is 0.0813. The number of carbonyl (C=O) groups is 4. The van der Waals surface area contributed by atoms with Crippen LogP contribution in [0.1, 0.15) is 164 Å². The average Bonchev–Trinajstić information content (AvgIpc) is 0.768. The van der Waals surface area contributed by atoms with Gasteiger partial charge in [0, 0.05) is 135 Å². The molecule has 8 saturated heterocycles. The topological polar surface area (TPSA) is 273 Å². The van der Waals surface area contributed by atoms with E-state index in [0.29, 0.717) is 107 Å². The van der Waals surface area contributed by atoms with Crippen LogP contribution in [0.5, 0.6) is 23.5 Å². The Morgan fingerprint density at radius 1 is 0.312 bits per heavy atom. The molecule has 4 amide bonds. The predicted octanol–water partition coefficient (Wildman–Crippen LogP) is 17.5. The first-order chi connectivity index (χ1) is 62.0. The summed E-state index contributed by atoms with van der Waals surface area (Å²) in [6, 6.07) is 37.2. The maximum atomic E-state index is 14.6. The van der Waals surface area contributed by atoms with E-state index in [1.165, 1.54) is 73.3 Å². The van der Waals surface area contributed by atoms with Gasteiger partial charge in [-0.1, -0.05) is 24.3 Å². The van der Waals surface area contributed by atoms with Gasteiger partial charge in [0.2, 0.25) is 23.5 Å². The summed E-state index contributed by atoms with van der Waals surface area (Å²) in [7, 11) is 0. The molecule has 24 rings (SSSR count). The zero-order valence-corrected chi connectivity index (χ0v) is 72.7. The molecule has 4 aliphatic carbocycles. The number of amides is 4. The number of aromatic nitrogens is 12. The molecular formula is C100H100F4N16O8. The number of hydrogen-bond acceptors (Lipinski definition) is 20. The molecule has 8 bridgehead atoms. The van der Waals surface area contributed by atoms with Crippen LogP contribution in [0.3, 0.4) is 0 Å². The minimum Gasteiger partial charge on any atom is -0.472 e. The summed E-state index contributed by atoms with van der Waals surface area (Å²) in [6.07, 6.45) is 27.3. The van der Waals surface area contributed by atoms with Crippen LogP contribution >= 0.6 is 0 Å². The first kappa shape index (κ1) is 86.7. The van der Waals surface area contributed by atoms with Crippen molar-refractivity contribution in [2.24, 2.45) is 23.7 Å². The van der Waals surface area contributed by atoms with Gasteiger partial charge in [0.05, 0.1) is 35.3 Å². The largest absolute Gasteiger partial charge is 0.472 e. The molecule has 28 heteroatoms. The number of carbonyl (C=O) groups excluding carboxylic acids is 4. The monoisotopic (exact) mass is 1730 g/mol. The van der Waals surface area contributed by atoms with E-state index in [1.807, 2.05) is 124 Å². The van der Waals surface area contributed by atoms with Gasteiger partial charge in [-0.3, -0.25) is 54.1 Å². The van der Waals surface area contributed by atoms with E-state index in [1.54, 1.807) is 73.6 Å². The maximum absolute atomic E-state index is 14.6. The van der Waals surface area contributed by atoms with Crippen LogP contribution < -0.4 is 18.9 Å². The van der Waals surface area contributed by atoms with Crippen LogP contribution in [0.15, 0.2) is 195 Å². The Balaban J connectivity index is 0.000000120. The van der Waals surface area contributed by atoms with Gasteiger partial charge in [0.1, 0.15) is 81.6 Å². The smallest absolute Gasteiger partial charge is 0.273 e. The third-order valence-corrected chi connectivity index (χ3v) is 25.6. The summed E-state index contributed by atoms with van der Waals surface area (Å²) in [5, 5.41) is 0. The molecule has 12 aliphatic rings. The van der Waals surface area contributed by atoms with Crippen molar-refractivity contribution in [2.75, 3.05) is 26.2 Å². The Kier molecular flexibility index (Phi) is 25.8. The molecule has 12 aromatic rings. The lowest BCUT2D eigenvalue weighted by molar-refractivity contribution is -0.0316. The minimum atomic E-state index is -0.496. The Bertz CT molecular complexity index is 5760. The molecule has 12 atom stereocenters. The van der Waals surface area contributed by atoms with Crippen molar-refractivity contribution in [2.45, 2.75) is 181 Å². The van der Waals surface area contributed by atoms with E-state index in [4.69, 9.17) is 18.9 Å². The number of ether oxygens (including phenoxy) is 4. The highest BCUT2D eigenvalue weighted by molar-refractivity contribution is 6.02. The van der Waals surface area contributed by atoms with E-state index < -0.39 is 23.3 Å². The lowest BCUT2D eigenvalue weighted by Crippen LogP contribution is -2.59. The third-order valence-electron chi connectivity index (χ3n) is 25.6. The molecule has 12 aromatic heterocycles. The van der Waals surface area contributed by atoms with Gasteiger partial charge in [0.25, 0.3) is 23.6 Å². The van der Waals surface area contributed by atoms with E-state index in [0.717, 1.165) is 110 Å². The highest BCUT2D eigenvalue weighted by Crippen LogP contribution is 2.45. The number of halogens is 4. The second-order valence-corrected chi connectivity index (χ2v) is 34.9. The highest BCUT2D eigenvalue weighted by atomic mass is 19.1. The van der Waals surface area contributed by atoms with Crippen LogP contribution in [0.2, 0.25) is 0 Å². The Morgan fingerprint density at radius 2 is 0.672 bits per heavy atom. The third kappa shape index (κ3) is 19.0. The summed E-state index contributed by atoms with van der Waals surface area (Å²) < 4.78 is 83.0. The van der Waals surface area contributed by atoms with E-state index >= 15 is 0 Å². The standard InChI is InChI=1S/4C25H25FN4O2/c1-15-5-10-22(28-13-15)32-21-12-17-7-9-20(21)30(14-17)25(31)18-8-6-16(2)29-23(18)24-19(26)4-3-11-27-24;1-15-5-10-22(28-13-15)32-21-12-17-7-9-20(21)30(14-17)25(31)24-18(8-6-16(2)29-24)23-19(26)4-3-11-27-23;1-15-5-8-21(29-13-15)32-20-12-17-6-7-19(20)30(14-17)25(31)24-22(16(2)9-11-28-24)23-18(26)4-3-10-27-23;1-15-5-8-22(28-12-15)32-21-11-17-6-7-20(21)30(14-17)25(31)18-10-16(2)13-29-23(18)24-19(26)4-3-9-27-24/h2*3-6,8,10-11,13,17,20-21H,7,9,12,14H2,1-2H3;3-5,8-11,13,17,19-20H,6-7,12,14H2,1-2H3;3-5,8-10,12-13,17,20-21H,6-7,11,14H2,1-2H3. The van der Waals surface area contributed by atoms with Crippen LogP contribution in [0, 0.1) is 102 Å². The van der Waals surface area contributed by atoms with Crippen molar-refractivity contribution >= 4 is 23.6 Å². The molecule has 12 fully saturated rings. The van der Waals surface area contributed by atoms with Gasteiger partial charge in [-0.05, 0) is 274 Å². The molecule has 4 saturated carbocycles. The van der Waals surface area contributed by atoms with Crippen LogP contribution in [0.25, 0.3) is 45.3 Å². The average molecular weight is 1730 g/mol. The van der Waals surface area contributed by atoms with E-state index in [-0.39, 0.29) is 118 Å². The first-order valence-corrected chi connectivity index (χ1v) is 43.9. The number of piperidine rings is 8. The van der Waals surface area contributed by atoms with E-state index in [9.17, 15) is 36.7 Å². The fourth-order valence-corrected chi connectivity index (χ4v) is 19.3. The summed E-state index contributed by atoms with van der Waals surface area (Å²) >= 11 is 0. The van der Waals surface area contributed by atoms with Gasteiger partial charge in [0.15, 0.2) is 11.6 Å². The lowest BCUT2D eigenvalue weighted by atomic mass is 9.77. The zero-order valence-electron chi connectivity index (χ0n) is 72.7. The van der Waals surface area contributed by atoms with Crippen molar-refractivity contribution in [1.29, 1.82) is 0 Å². The van der Waals surface area contributed by atoms with Crippen LogP contribution in [-0.4, -0.2) is 178 Å². The SMILES string of the molecule is Cc1ccc(OC2CC3CCC2N(C(=O)c2cc(C)cnc2-c2ncccc2F)C3)nc1.Cc1ccc(OC2CC3CCC2N(C(=O)c2ccc(C)nc2-c2ncccc2F)C3)nc1.Cc1ccc(OC2CC3CCC2N(C(=O)c2nc(C)ccc2-c2ncccc2F)C3)nc1.Cc1ccc(OC2CC3CCC2N(C(=O)c2nccc(C)c2-c2ncccc2F)C3)nc1. The first-order valence-electron chi connectivity index (χ1n) is 43.9. The summed E-state index contributed by atoms with van der Waals surface area (Å²) in [5.41, 5.74) is 10.4. The number of hydrogen-bond donors (Lipinski definition) is 0. The van der Waals surface area contributed by atoms with Crippen molar-refractivity contribution in [3.63, 3.8) is 0 Å². The molecule has 20 heterocycles. The summed E-state index contributed by atoms with van der Waals surface area (Å²) in [5.74, 6) is 1.12. The minimum absolute atomic E-state index is 0.0571. The van der Waals surface area contributed by atoms with Crippen LogP contribution in [0.4, 0.5) is 17.6 Å². The molecule has 0 radical (unpaired) electrons. The zero-order chi connectivity index (χ0) is 89.0. The number of aryl methyl sites for hydroxylation is 8. The lowest BCUT2D eigenvalue weighted by Gasteiger charge is -2.49. The number of pyridine rings is 12. The van der Waals surface area contributed by atoms with E-state index in [2.05, 4.69) is 59.8 Å². The van der Waals surface area contributed by atoms with Gasteiger partial charge >= 0.3 is 0 Å². The molecule has 24 nitrogen and oxygen atoms in total. The Morgan fingerprint density at radius 3 is 1.07 bits per heavy atom. The Labute approximate surface area is 740 Å². The molecule has 128 heavy (non-hydrogen) atoms. The fourth-order valence-electron chi connectivity index (χ4n) is 19.3. The van der Waals surface area contributed by atoms with Crippen LogP contribution in [-0.2, 0) is 0 Å². The number of fused-ring (bicyclic) bond motifs is 12. The molecular weight excluding hydrogens is 1630 g/mol. The highest BCUT2D eigenvalue weighted by Gasteiger charge is 2.50. The molecule has 12 unspecified atom stereocenters. The molecule has 0 spiro atoms. The second kappa shape index (κ2) is 38.0. The Hall–Kier alpha value is -13.4.